The molecule has 0 atom stereocenters. The SMILES string of the molecule is CC(C)(C)n1ccnc1. The summed E-state index contributed by atoms with van der Waals surface area (Å²) in [5.74, 6) is 0. The molecule has 0 saturated heterocycles. The second-order valence-corrected chi connectivity index (χ2v) is 3.14. The first-order valence-corrected chi connectivity index (χ1v) is 3.09. The highest BCUT2D eigenvalue weighted by molar-refractivity contribution is 4.82. The predicted molar refractivity (Wildman–Crippen MR) is 37.2 cm³/mol. The standard InChI is InChI=1S/C7H12N2/c1-7(2,3)9-5-4-8-6-9/h4-6H,1-3H3. The van der Waals surface area contributed by atoms with Crippen molar-refractivity contribution in [2.45, 2.75) is 26.3 Å². The van der Waals surface area contributed by atoms with E-state index in [1.807, 2.05) is 12.5 Å². The molecular formula is C7H12N2. The Bertz CT molecular complexity index is 169. The largest absolute Gasteiger partial charge is 0.332 e. The van der Waals surface area contributed by atoms with Gasteiger partial charge in [-0.2, -0.15) is 0 Å². The van der Waals surface area contributed by atoms with E-state index in [0.717, 1.165) is 0 Å². The van der Waals surface area contributed by atoms with Gasteiger partial charge in [-0.25, -0.2) is 4.98 Å². The van der Waals surface area contributed by atoms with Crippen molar-refractivity contribution in [1.29, 1.82) is 0 Å². The van der Waals surface area contributed by atoms with Gasteiger partial charge in [0.2, 0.25) is 0 Å². The number of aromatic nitrogens is 2. The number of imidazole rings is 1. The van der Waals surface area contributed by atoms with E-state index < -0.39 is 0 Å². The Morgan fingerprint density at radius 3 is 2.22 bits per heavy atom. The Kier molecular flexibility index (Phi) is 1.31. The lowest BCUT2D eigenvalue weighted by atomic mass is 10.1. The van der Waals surface area contributed by atoms with Gasteiger partial charge in [0, 0.05) is 17.9 Å². The highest BCUT2D eigenvalue weighted by Gasteiger charge is 2.09. The Balaban J connectivity index is 2.90. The zero-order valence-corrected chi connectivity index (χ0v) is 6.13. The fraction of sp³-hybridized carbons (Fsp3) is 0.571. The summed E-state index contributed by atoms with van der Waals surface area (Å²) in [4.78, 5) is 3.95. The first-order valence-electron chi connectivity index (χ1n) is 3.09. The van der Waals surface area contributed by atoms with Crippen LogP contribution < -0.4 is 0 Å². The summed E-state index contributed by atoms with van der Waals surface area (Å²) in [5.41, 5.74) is 0.177. The maximum atomic E-state index is 3.95. The van der Waals surface area contributed by atoms with Crippen LogP contribution in [-0.4, -0.2) is 9.55 Å². The fourth-order valence-corrected chi connectivity index (χ4v) is 0.656. The van der Waals surface area contributed by atoms with Crippen molar-refractivity contribution in [1.82, 2.24) is 9.55 Å². The van der Waals surface area contributed by atoms with Gasteiger partial charge in [-0.1, -0.05) is 0 Å². The van der Waals surface area contributed by atoms with Gasteiger partial charge in [0.1, 0.15) is 0 Å². The third-order valence-electron chi connectivity index (χ3n) is 1.28. The normalized spacial score (nSPS) is 11.9. The van der Waals surface area contributed by atoms with E-state index in [-0.39, 0.29) is 5.54 Å². The molecule has 0 saturated carbocycles. The number of rotatable bonds is 0. The van der Waals surface area contributed by atoms with Gasteiger partial charge < -0.3 is 4.57 Å². The van der Waals surface area contributed by atoms with Crippen molar-refractivity contribution in [3.63, 3.8) is 0 Å². The van der Waals surface area contributed by atoms with Crippen LogP contribution in [0.2, 0.25) is 0 Å². The first kappa shape index (κ1) is 6.33. The molecule has 50 valence electrons. The van der Waals surface area contributed by atoms with Crippen molar-refractivity contribution in [2.75, 3.05) is 0 Å². The van der Waals surface area contributed by atoms with Crippen LogP contribution in [0.25, 0.3) is 0 Å². The zero-order valence-electron chi connectivity index (χ0n) is 6.13. The molecule has 0 aliphatic heterocycles. The van der Waals surface area contributed by atoms with Gasteiger partial charge in [0.25, 0.3) is 0 Å². The molecule has 1 rings (SSSR count). The molecule has 0 aromatic carbocycles. The molecule has 0 spiro atoms. The lowest BCUT2D eigenvalue weighted by Crippen LogP contribution is -2.19. The van der Waals surface area contributed by atoms with Crippen LogP contribution in [0.1, 0.15) is 20.8 Å². The molecule has 2 heteroatoms. The van der Waals surface area contributed by atoms with Crippen LogP contribution in [0.4, 0.5) is 0 Å². The maximum absolute atomic E-state index is 3.95. The van der Waals surface area contributed by atoms with Gasteiger partial charge >= 0.3 is 0 Å². The van der Waals surface area contributed by atoms with E-state index in [4.69, 9.17) is 0 Å². The molecular weight excluding hydrogens is 112 g/mol. The summed E-state index contributed by atoms with van der Waals surface area (Å²) in [6.07, 6.45) is 5.60. The molecule has 0 fully saturated rings. The molecule has 0 bridgehead atoms. The van der Waals surface area contributed by atoms with Crippen LogP contribution >= 0.6 is 0 Å². The highest BCUT2D eigenvalue weighted by atomic mass is 15.1. The minimum atomic E-state index is 0.177. The molecule has 0 aliphatic carbocycles. The molecule has 1 aromatic rings. The van der Waals surface area contributed by atoms with Crippen LogP contribution in [0, 0.1) is 0 Å². The first-order chi connectivity index (χ1) is 4.11. The van der Waals surface area contributed by atoms with Crippen molar-refractivity contribution >= 4 is 0 Å². The highest BCUT2D eigenvalue weighted by Crippen LogP contribution is 2.11. The van der Waals surface area contributed by atoms with E-state index in [9.17, 15) is 0 Å². The molecule has 0 unspecified atom stereocenters. The van der Waals surface area contributed by atoms with Gasteiger partial charge in [-0.15, -0.1) is 0 Å². The third kappa shape index (κ3) is 1.31. The predicted octanol–water partition coefficient (Wildman–Crippen LogP) is 1.64. The average Bonchev–Trinajstić information content (AvgIpc) is 2.08. The van der Waals surface area contributed by atoms with Crippen molar-refractivity contribution in [3.8, 4) is 0 Å². The Labute approximate surface area is 55.5 Å². The number of hydrogen-bond donors (Lipinski definition) is 0. The van der Waals surface area contributed by atoms with Gasteiger partial charge in [-0.3, -0.25) is 0 Å². The van der Waals surface area contributed by atoms with E-state index in [1.165, 1.54) is 0 Å². The lowest BCUT2D eigenvalue weighted by Gasteiger charge is -2.19. The van der Waals surface area contributed by atoms with Crippen LogP contribution in [0.3, 0.4) is 0 Å². The average molecular weight is 124 g/mol. The summed E-state index contributed by atoms with van der Waals surface area (Å²) < 4.78 is 2.08. The molecule has 0 amide bonds. The maximum Gasteiger partial charge on any atom is 0.0950 e. The Morgan fingerprint density at radius 1 is 1.33 bits per heavy atom. The van der Waals surface area contributed by atoms with Crippen LogP contribution in [0.15, 0.2) is 18.7 Å². The Hall–Kier alpha value is -0.790. The molecule has 1 aromatic heterocycles. The monoisotopic (exact) mass is 124 g/mol. The van der Waals surface area contributed by atoms with E-state index in [0.29, 0.717) is 0 Å². The van der Waals surface area contributed by atoms with Gasteiger partial charge in [-0.05, 0) is 20.8 Å². The summed E-state index contributed by atoms with van der Waals surface area (Å²) in [6, 6.07) is 0. The van der Waals surface area contributed by atoms with Crippen molar-refractivity contribution < 1.29 is 0 Å². The summed E-state index contributed by atoms with van der Waals surface area (Å²) >= 11 is 0. The number of hydrogen-bond acceptors (Lipinski definition) is 1. The molecule has 2 nitrogen and oxygen atoms in total. The minimum Gasteiger partial charge on any atom is -0.332 e. The topological polar surface area (TPSA) is 17.8 Å². The van der Waals surface area contributed by atoms with Gasteiger partial charge in [0.15, 0.2) is 0 Å². The lowest BCUT2D eigenvalue weighted by molar-refractivity contribution is 0.396. The molecule has 0 radical (unpaired) electrons. The van der Waals surface area contributed by atoms with Crippen molar-refractivity contribution in [3.05, 3.63) is 18.7 Å². The summed E-state index contributed by atoms with van der Waals surface area (Å²) in [7, 11) is 0. The summed E-state index contributed by atoms with van der Waals surface area (Å²) in [5, 5.41) is 0. The van der Waals surface area contributed by atoms with Gasteiger partial charge in [0.05, 0.1) is 6.33 Å². The molecule has 1 heterocycles. The van der Waals surface area contributed by atoms with E-state index in [2.05, 4.69) is 30.3 Å². The second-order valence-electron chi connectivity index (χ2n) is 3.14. The Morgan fingerprint density at radius 2 is 2.00 bits per heavy atom. The zero-order chi connectivity index (χ0) is 6.91. The quantitative estimate of drug-likeness (QED) is 0.514. The molecule has 9 heavy (non-hydrogen) atoms. The summed E-state index contributed by atoms with van der Waals surface area (Å²) in [6.45, 7) is 6.44. The van der Waals surface area contributed by atoms with E-state index >= 15 is 0 Å². The van der Waals surface area contributed by atoms with E-state index in [1.54, 1.807) is 6.20 Å². The molecule has 0 aliphatic rings. The van der Waals surface area contributed by atoms with Crippen LogP contribution in [0.5, 0.6) is 0 Å². The fourth-order valence-electron chi connectivity index (χ4n) is 0.656. The minimum absolute atomic E-state index is 0.177. The number of nitrogens with zero attached hydrogens (tertiary/aromatic N) is 2. The second kappa shape index (κ2) is 1.87. The molecule has 0 N–H and O–H groups in total. The smallest absolute Gasteiger partial charge is 0.0950 e. The third-order valence-corrected chi connectivity index (χ3v) is 1.28. The van der Waals surface area contributed by atoms with Crippen LogP contribution in [-0.2, 0) is 5.54 Å². The van der Waals surface area contributed by atoms with Crippen molar-refractivity contribution in [2.24, 2.45) is 0 Å².